The molecule has 1 aromatic heterocycles. The third-order valence-electron chi connectivity index (χ3n) is 4.60. The lowest BCUT2D eigenvalue weighted by molar-refractivity contribution is 0.436. The summed E-state index contributed by atoms with van der Waals surface area (Å²) in [4.78, 5) is 14.2. The third-order valence-corrected chi connectivity index (χ3v) is 4.60. The Morgan fingerprint density at radius 3 is 2.05 bits per heavy atom. The van der Waals surface area contributed by atoms with Gasteiger partial charge in [-0.1, -0.05) is 6.92 Å². The predicted molar refractivity (Wildman–Crippen MR) is 83.4 cm³/mol. The summed E-state index contributed by atoms with van der Waals surface area (Å²) in [5.74, 6) is 4.02. The molecular formula is C16H26N4. The predicted octanol–water partition coefficient (Wildman–Crippen LogP) is 3.01. The number of piperidine rings is 2. The molecule has 3 rings (SSSR count). The average molecular weight is 274 g/mol. The highest BCUT2D eigenvalue weighted by atomic mass is 15.2. The Morgan fingerprint density at radius 2 is 1.45 bits per heavy atom. The molecule has 20 heavy (non-hydrogen) atoms. The Bertz CT molecular complexity index is 446. The molecule has 0 atom stereocenters. The Kier molecular flexibility index (Phi) is 4.08. The first-order chi connectivity index (χ1) is 9.72. The molecule has 0 bridgehead atoms. The van der Waals surface area contributed by atoms with Crippen molar-refractivity contribution in [3.63, 3.8) is 0 Å². The first kappa shape index (κ1) is 13.7. The van der Waals surface area contributed by atoms with Gasteiger partial charge in [0.05, 0.1) is 0 Å². The second kappa shape index (κ2) is 5.98. The molecule has 3 heterocycles. The van der Waals surface area contributed by atoms with Crippen molar-refractivity contribution in [2.24, 2.45) is 5.92 Å². The van der Waals surface area contributed by atoms with Crippen LogP contribution in [0.4, 0.5) is 11.6 Å². The van der Waals surface area contributed by atoms with Crippen molar-refractivity contribution >= 4 is 11.6 Å². The van der Waals surface area contributed by atoms with Gasteiger partial charge in [0.1, 0.15) is 17.5 Å². The maximum absolute atomic E-state index is 4.67. The topological polar surface area (TPSA) is 32.3 Å². The van der Waals surface area contributed by atoms with Gasteiger partial charge in [-0.15, -0.1) is 0 Å². The number of aromatic nitrogens is 2. The van der Waals surface area contributed by atoms with Gasteiger partial charge in [0, 0.05) is 32.2 Å². The Morgan fingerprint density at radius 1 is 0.900 bits per heavy atom. The minimum atomic E-state index is 0.857. The van der Waals surface area contributed by atoms with Crippen LogP contribution in [0.1, 0.15) is 44.9 Å². The van der Waals surface area contributed by atoms with E-state index < -0.39 is 0 Å². The van der Waals surface area contributed by atoms with Crippen LogP contribution < -0.4 is 9.80 Å². The smallest absolute Gasteiger partial charge is 0.134 e. The monoisotopic (exact) mass is 274 g/mol. The molecule has 2 saturated heterocycles. The Hall–Kier alpha value is -1.32. The van der Waals surface area contributed by atoms with E-state index in [0.717, 1.165) is 49.6 Å². The SMILES string of the molecule is Cc1nc(N2CCCCC2)cc(N2CCC(C)CC2)n1. The van der Waals surface area contributed by atoms with Crippen molar-refractivity contribution in [3.8, 4) is 0 Å². The zero-order valence-corrected chi connectivity index (χ0v) is 12.8. The summed E-state index contributed by atoms with van der Waals surface area (Å²) in [5.41, 5.74) is 0. The molecule has 0 spiro atoms. The molecule has 110 valence electrons. The molecule has 2 aliphatic heterocycles. The second-order valence-electron chi connectivity index (χ2n) is 6.35. The molecule has 0 saturated carbocycles. The summed E-state index contributed by atoms with van der Waals surface area (Å²) in [5, 5.41) is 0. The van der Waals surface area contributed by atoms with Crippen LogP contribution in [0.3, 0.4) is 0 Å². The van der Waals surface area contributed by atoms with Crippen molar-refractivity contribution in [2.45, 2.75) is 46.0 Å². The molecule has 0 radical (unpaired) electrons. The lowest BCUT2D eigenvalue weighted by atomic mass is 9.99. The molecule has 2 aliphatic rings. The Balaban J connectivity index is 1.79. The third kappa shape index (κ3) is 3.05. The maximum Gasteiger partial charge on any atom is 0.134 e. The van der Waals surface area contributed by atoms with E-state index in [-0.39, 0.29) is 0 Å². The van der Waals surface area contributed by atoms with Gasteiger partial charge in [0.25, 0.3) is 0 Å². The highest BCUT2D eigenvalue weighted by Crippen LogP contribution is 2.25. The lowest BCUT2D eigenvalue weighted by Gasteiger charge is -2.33. The average Bonchev–Trinajstić information content (AvgIpc) is 2.48. The van der Waals surface area contributed by atoms with Gasteiger partial charge in [-0.05, 0) is 44.9 Å². The van der Waals surface area contributed by atoms with Crippen LogP contribution in [0.2, 0.25) is 0 Å². The molecule has 4 nitrogen and oxygen atoms in total. The van der Waals surface area contributed by atoms with Gasteiger partial charge in [-0.25, -0.2) is 9.97 Å². The molecule has 4 heteroatoms. The van der Waals surface area contributed by atoms with Crippen LogP contribution in [-0.2, 0) is 0 Å². The zero-order chi connectivity index (χ0) is 13.9. The van der Waals surface area contributed by atoms with Gasteiger partial charge in [0.15, 0.2) is 0 Å². The minimum Gasteiger partial charge on any atom is -0.356 e. The van der Waals surface area contributed by atoms with Gasteiger partial charge in [-0.2, -0.15) is 0 Å². The summed E-state index contributed by atoms with van der Waals surface area (Å²) >= 11 is 0. The molecule has 0 aliphatic carbocycles. The number of rotatable bonds is 2. The largest absolute Gasteiger partial charge is 0.356 e. The van der Waals surface area contributed by atoms with E-state index in [1.54, 1.807) is 0 Å². The van der Waals surface area contributed by atoms with E-state index in [4.69, 9.17) is 0 Å². The number of hydrogen-bond donors (Lipinski definition) is 0. The molecule has 0 unspecified atom stereocenters. The van der Waals surface area contributed by atoms with Crippen LogP contribution >= 0.6 is 0 Å². The quantitative estimate of drug-likeness (QED) is 0.830. The van der Waals surface area contributed by atoms with Crippen LogP contribution in [0, 0.1) is 12.8 Å². The summed E-state index contributed by atoms with van der Waals surface area (Å²) in [6.45, 7) is 8.93. The fourth-order valence-corrected chi connectivity index (χ4v) is 3.22. The molecule has 2 fully saturated rings. The van der Waals surface area contributed by atoms with Gasteiger partial charge in [0.2, 0.25) is 0 Å². The van der Waals surface area contributed by atoms with E-state index in [1.807, 2.05) is 6.92 Å². The van der Waals surface area contributed by atoms with Crippen molar-refractivity contribution in [1.82, 2.24) is 9.97 Å². The van der Waals surface area contributed by atoms with Gasteiger partial charge < -0.3 is 9.80 Å². The Labute approximate surface area is 122 Å². The summed E-state index contributed by atoms with van der Waals surface area (Å²) in [6, 6.07) is 2.20. The van der Waals surface area contributed by atoms with Crippen molar-refractivity contribution in [1.29, 1.82) is 0 Å². The number of aryl methyl sites for hydroxylation is 1. The molecule has 1 aromatic rings. The minimum absolute atomic E-state index is 0.857. The number of hydrogen-bond acceptors (Lipinski definition) is 4. The number of anilines is 2. The van der Waals surface area contributed by atoms with Crippen molar-refractivity contribution in [2.75, 3.05) is 36.0 Å². The first-order valence-electron chi connectivity index (χ1n) is 8.08. The molecule has 0 N–H and O–H groups in total. The van der Waals surface area contributed by atoms with Crippen molar-refractivity contribution in [3.05, 3.63) is 11.9 Å². The normalized spacial score (nSPS) is 21.3. The summed E-state index contributed by atoms with van der Waals surface area (Å²) in [7, 11) is 0. The standard InChI is InChI=1S/C16H26N4/c1-13-6-10-20(11-7-13)16-12-15(17-14(2)18-16)19-8-4-3-5-9-19/h12-13H,3-11H2,1-2H3. The lowest BCUT2D eigenvalue weighted by Crippen LogP contribution is -2.34. The number of nitrogens with zero attached hydrogens (tertiary/aromatic N) is 4. The highest BCUT2D eigenvalue weighted by Gasteiger charge is 2.19. The van der Waals surface area contributed by atoms with E-state index in [0.29, 0.717) is 0 Å². The van der Waals surface area contributed by atoms with Crippen molar-refractivity contribution < 1.29 is 0 Å². The second-order valence-corrected chi connectivity index (χ2v) is 6.35. The van der Waals surface area contributed by atoms with Crippen LogP contribution in [0.15, 0.2) is 6.07 Å². The van der Waals surface area contributed by atoms with E-state index in [1.165, 1.54) is 32.1 Å². The van der Waals surface area contributed by atoms with Gasteiger partial charge >= 0.3 is 0 Å². The molecule has 0 aromatic carbocycles. The highest BCUT2D eigenvalue weighted by molar-refractivity contribution is 5.51. The van der Waals surface area contributed by atoms with Crippen LogP contribution in [0.5, 0.6) is 0 Å². The van der Waals surface area contributed by atoms with Crippen LogP contribution in [-0.4, -0.2) is 36.1 Å². The fraction of sp³-hybridized carbons (Fsp3) is 0.750. The van der Waals surface area contributed by atoms with E-state index in [2.05, 4.69) is 32.8 Å². The van der Waals surface area contributed by atoms with Gasteiger partial charge in [-0.3, -0.25) is 0 Å². The molecular weight excluding hydrogens is 248 g/mol. The summed E-state index contributed by atoms with van der Waals surface area (Å²) < 4.78 is 0. The fourth-order valence-electron chi connectivity index (χ4n) is 3.22. The zero-order valence-electron chi connectivity index (χ0n) is 12.8. The molecule has 0 amide bonds. The van der Waals surface area contributed by atoms with E-state index >= 15 is 0 Å². The van der Waals surface area contributed by atoms with E-state index in [9.17, 15) is 0 Å². The summed E-state index contributed by atoms with van der Waals surface area (Å²) in [6.07, 6.45) is 6.50. The maximum atomic E-state index is 4.67. The first-order valence-corrected chi connectivity index (χ1v) is 8.08. The van der Waals surface area contributed by atoms with Crippen LogP contribution in [0.25, 0.3) is 0 Å².